The summed E-state index contributed by atoms with van der Waals surface area (Å²) in [7, 11) is 0. The Balaban J connectivity index is 1.41. The maximum Gasteiger partial charge on any atom is 0.339 e. The van der Waals surface area contributed by atoms with Gasteiger partial charge in [-0.05, 0) is 44.0 Å². The van der Waals surface area contributed by atoms with Gasteiger partial charge in [-0.2, -0.15) is 0 Å². The standard InChI is InChI=1S/C23H19N3O3/c1-14(21-25-26-22(29-21)16-7-3-2-4-8-16)28-23(27)18-13-20(15-11-12-15)24-19-10-6-5-9-17(18)19/h2-10,13-15H,11-12H2,1H3/t14-/m0/s1. The average Bonchev–Trinajstić information content (AvgIpc) is 3.49. The van der Waals surface area contributed by atoms with Crippen molar-refractivity contribution in [2.24, 2.45) is 0 Å². The molecule has 144 valence electrons. The van der Waals surface area contributed by atoms with Crippen LogP contribution in [0.25, 0.3) is 22.4 Å². The van der Waals surface area contributed by atoms with E-state index in [1.54, 1.807) is 6.92 Å². The third-order valence-electron chi connectivity index (χ3n) is 5.04. The number of aromatic nitrogens is 3. The maximum atomic E-state index is 13.0. The highest BCUT2D eigenvalue weighted by atomic mass is 16.6. The van der Waals surface area contributed by atoms with Gasteiger partial charge in [-0.1, -0.05) is 36.4 Å². The van der Waals surface area contributed by atoms with Crippen LogP contribution in [0.3, 0.4) is 0 Å². The van der Waals surface area contributed by atoms with Gasteiger partial charge in [0.2, 0.25) is 5.89 Å². The zero-order chi connectivity index (χ0) is 19.8. The van der Waals surface area contributed by atoms with Crippen molar-refractivity contribution < 1.29 is 13.9 Å². The van der Waals surface area contributed by atoms with E-state index in [2.05, 4.69) is 10.2 Å². The molecule has 6 heteroatoms. The molecule has 2 aromatic carbocycles. The lowest BCUT2D eigenvalue weighted by Crippen LogP contribution is -2.11. The Morgan fingerprint density at radius 1 is 1.07 bits per heavy atom. The van der Waals surface area contributed by atoms with Crippen molar-refractivity contribution in [2.75, 3.05) is 0 Å². The van der Waals surface area contributed by atoms with Crippen molar-refractivity contribution in [2.45, 2.75) is 31.8 Å². The first kappa shape index (κ1) is 17.6. The number of carbonyl (C=O) groups excluding carboxylic acids is 1. The van der Waals surface area contributed by atoms with Crippen molar-refractivity contribution in [1.29, 1.82) is 0 Å². The van der Waals surface area contributed by atoms with E-state index in [-0.39, 0.29) is 5.89 Å². The van der Waals surface area contributed by atoms with Gasteiger partial charge >= 0.3 is 5.97 Å². The third kappa shape index (κ3) is 3.49. The summed E-state index contributed by atoms with van der Waals surface area (Å²) in [6.45, 7) is 1.73. The number of rotatable bonds is 5. The van der Waals surface area contributed by atoms with Crippen LogP contribution in [-0.2, 0) is 4.74 Å². The molecule has 0 N–H and O–H groups in total. The Morgan fingerprint density at radius 2 is 1.83 bits per heavy atom. The van der Waals surface area contributed by atoms with Crippen molar-refractivity contribution in [3.63, 3.8) is 0 Å². The fraction of sp³-hybridized carbons (Fsp3) is 0.217. The first-order valence-electron chi connectivity index (χ1n) is 9.68. The largest absolute Gasteiger partial charge is 0.449 e. The molecule has 0 amide bonds. The van der Waals surface area contributed by atoms with Crippen LogP contribution in [0, 0.1) is 0 Å². The van der Waals surface area contributed by atoms with Gasteiger partial charge in [-0.3, -0.25) is 4.98 Å². The molecule has 0 saturated heterocycles. The van der Waals surface area contributed by atoms with Crippen LogP contribution in [0.1, 0.15) is 53.7 Å². The summed E-state index contributed by atoms with van der Waals surface area (Å²) in [4.78, 5) is 17.7. The van der Waals surface area contributed by atoms with E-state index in [1.807, 2.05) is 60.7 Å². The second-order valence-corrected chi connectivity index (χ2v) is 7.25. The lowest BCUT2D eigenvalue weighted by Gasteiger charge is -2.12. The lowest BCUT2D eigenvalue weighted by molar-refractivity contribution is 0.0282. The Kier molecular flexibility index (Phi) is 4.31. The molecule has 1 aliphatic rings. The van der Waals surface area contributed by atoms with E-state index in [0.29, 0.717) is 17.4 Å². The number of benzene rings is 2. The van der Waals surface area contributed by atoms with Crippen molar-refractivity contribution in [3.8, 4) is 11.5 Å². The molecule has 1 atom stereocenters. The molecule has 0 bridgehead atoms. The fourth-order valence-corrected chi connectivity index (χ4v) is 3.32. The molecule has 4 aromatic rings. The number of carbonyl (C=O) groups is 1. The monoisotopic (exact) mass is 385 g/mol. The van der Waals surface area contributed by atoms with Crippen LogP contribution >= 0.6 is 0 Å². The summed E-state index contributed by atoms with van der Waals surface area (Å²) in [5, 5.41) is 8.90. The first-order valence-corrected chi connectivity index (χ1v) is 9.68. The highest BCUT2D eigenvalue weighted by Crippen LogP contribution is 2.40. The smallest absolute Gasteiger partial charge is 0.339 e. The van der Waals surface area contributed by atoms with Crippen LogP contribution < -0.4 is 0 Å². The second-order valence-electron chi connectivity index (χ2n) is 7.25. The quantitative estimate of drug-likeness (QED) is 0.446. The molecule has 2 heterocycles. The number of hydrogen-bond acceptors (Lipinski definition) is 6. The van der Waals surface area contributed by atoms with Crippen LogP contribution in [0.2, 0.25) is 0 Å². The van der Waals surface area contributed by atoms with E-state index in [9.17, 15) is 4.79 Å². The fourth-order valence-electron chi connectivity index (χ4n) is 3.32. The van der Waals surface area contributed by atoms with Gasteiger partial charge in [0.1, 0.15) is 0 Å². The minimum atomic E-state index is -0.663. The first-order chi connectivity index (χ1) is 14.2. The molecule has 1 saturated carbocycles. The number of para-hydroxylation sites is 1. The van der Waals surface area contributed by atoms with E-state index in [1.165, 1.54) is 0 Å². The molecule has 6 nitrogen and oxygen atoms in total. The number of esters is 1. The normalized spacial score (nSPS) is 14.7. The van der Waals surface area contributed by atoms with E-state index in [4.69, 9.17) is 14.1 Å². The lowest BCUT2D eigenvalue weighted by atomic mass is 10.1. The van der Waals surface area contributed by atoms with Gasteiger partial charge < -0.3 is 9.15 Å². The summed E-state index contributed by atoms with van der Waals surface area (Å²) < 4.78 is 11.4. The van der Waals surface area contributed by atoms with Gasteiger partial charge in [0.15, 0.2) is 6.10 Å². The molecule has 2 aromatic heterocycles. The minimum absolute atomic E-state index is 0.262. The predicted octanol–water partition coefficient (Wildman–Crippen LogP) is 5.08. The third-order valence-corrected chi connectivity index (χ3v) is 5.04. The van der Waals surface area contributed by atoms with E-state index >= 15 is 0 Å². The zero-order valence-corrected chi connectivity index (χ0v) is 15.9. The average molecular weight is 385 g/mol. The van der Waals surface area contributed by atoms with Crippen LogP contribution in [0.5, 0.6) is 0 Å². The molecule has 5 rings (SSSR count). The summed E-state index contributed by atoms with van der Waals surface area (Å²) in [5.41, 5.74) is 3.10. The summed E-state index contributed by atoms with van der Waals surface area (Å²) in [6, 6.07) is 19.0. The van der Waals surface area contributed by atoms with E-state index in [0.717, 1.165) is 35.0 Å². The molecular formula is C23H19N3O3. The topological polar surface area (TPSA) is 78.1 Å². The number of hydrogen-bond donors (Lipinski definition) is 0. The van der Waals surface area contributed by atoms with Crippen molar-refractivity contribution >= 4 is 16.9 Å². The Bertz CT molecular complexity index is 1180. The van der Waals surface area contributed by atoms with Crippen molar-refractivity contribution in [1.82, 2.24) is 15.2 Å². The number of nitrogens with zero attached hydrogens (tertiary/aromatic N) is 3. The Hall–Kier alpha value is -3.54. The van der Waals surface area contributed by atoms with Crippen LogP contribution in [0.15, 0.2) is 65.1 Å². The van der Waals surface area contributed by atoms with Crippen molar-refractivity contribution in [3.05, 3.63) is 77.8 Å². The summed E-state index contributed by atoms with van der Waals surface area (Å²) in [6.07, 6.45) is 1.56. The molecule has 29 heavy (non-hydrogen) atoms. The molecular weight excluding hydrogens is 366 g/mol. The van der Waals surface area contributed by atoms with Gasteiger partial charge in [0, 0.05) is 22.6 Å². The molecule has 0 spiro atoms. The van der Waals surface area contributed by atoms with Gasteiger partial charge in [-0.25, -0.2) is 4.79 Å². The van der Waals surface area contributed by atoms with E-state index < -0.39 is 12.1 Å². The zero-order valence-electron chi connectivity index (χ0n) is 15.9. The summed E-state index contributed by atoms with van der Waals surface area (Å²) in [5.74, 6) is 0.678. The second kappa shape index (κ2) is 7.13. The molecule has 0 unspecified atom stereocenters. The van der Waals surface area contributed by atoms with Gasteiger partial charge in [0.05, 0.1) is 11.1 Å². The Morgan fingerprint density at radius 3 is 2.62 bits per heavy atom. The highest BCUT2D eigenvalue weighted by Gasteiger charge is 2.28. The predicted molar refractivity (Wildman–Crippen MR) is 107 cm³/mol. The number of ether oxygens (including phenoxy) is 1. The SMILES string of the molecule is C[C@H](OC(=O)c1cc(C2CC2)nc2ccccc12)c1nnc(-c2ccccc2)o1. The van der Waals surface area contributed by atoms with Crippen LogP contribution in [0.4, 0.5) is 0 Å². The molecule has 0 aliphatic heterocycles. The number of fused-ring (bicyclic) bond motifs is 1. The molecule has 1 fully saturated rings. The maximum absolute atomic E-state index is 13.0. The number of pyridine rings is 1. The van der Waals surface area contributed by atoms with Crippen LogP contribution in [-0.4, -0.2) is 21.2 Å². The summed E-state index contributed by atoms with van der Waals surface area (Å²) >= 11 is 0. The minimum Gasteiger partial charge on any atom is -0.449 e. The van der Waals surface area contributed by atoms with Gasteiger partial charge in [-0.15, -0.1) is 10.2 Å². The Labute approximate surface area is 167 Å². The highest BCUT2D eigenvalue weighted by molar-refractivity contribution is 6.03. The molecule has 0 radical (unpaired) electrons. The van der Waals surface area contributed by atoms with Gasteiger partial charge in [0.25, 0.3) is 5.89 Å². The molecule has 1 aliphatic carbocycles.